The molecule has 3 aromatic rings. The van der Waals surface area contributed by atoms with Crippen LogP contribution in [0.5, 0.6) is 0 Å². The summed E-state index contributed by atoms with van der Waals surface area (Å²) >= 11 is 0. The van der Waals surface area contributed by atoms with E-state index in [9.17, 15) is 9.59 Å². The van der Waals surface area contributed by atoms with Crippen molar-refractivity contribution in [3.63, 3.8) is 0 Å². The number of hydrogen-bond acceptors (Lipinski definition) is 5. The largest absolute Gasteiger partial charge is 0.374 e. The van der Waals surface area contributed by atoms with Gasteiger partial charge in [-0.3, -0.25) is 14.5 Å². The van der Waals surface area contributed by atoms with Crippen LogP contribution in [0.3, 0.4) is 0 Å². The Morgan fingerprint density at radius 1 is 0.943 bits per heavy atom. The van der Waals surface area contributed by atoms with Gasteiger partial charge >= 0.3 is 0 Å². The molecule has 2 fully saturated rings. The van der Waals surface area contributed by atoms with E-state index in [2.05, 4.69) is 17.0 Å². The van der Waals surface area contributed by atoms with Gasteiger partial charge in [0.15, 0.2) is 5.78 Å². The molecule has 0 saturated carbocycles. The lowest BCUT2D eigenvalue weighted by molar-refractivity contribution is -0.176. The van der Waals surface area contributed by atoms with Crippen LogP contribution in [0.25, 0.3) is 6.08 Å². The smallest absolute Gasteiger partial charge is 0.255 e. The quantitative estimate of drug-likeness (QED) is 0.406. The van der Waals surface area contributed by atoms with Crippen molar-refractivity contribution in [3.05, 3.63) is 113 Å². The summed E-state index contributed by atoms with van der Waals surface area (Å²) in [5.41, 5.74) is 3.18. The minimum atomic E-state index is -0.393. The van der Waals surface area contributed by atoms with Crippen LogP contribution in [0.4, 0.5) is 0 Å². The first-order valence-corrected chi connectivity index (χ1v) is 11.6. The maximum absolute atomic E-state index is 13.4. The molecule has 0 atom stereocenters. The van der Waals surface area contributed by atoms with Gasteiger partial charge in [0.05, 0.1) is 24.8 Å². The standard InChI is InChI=1S/C29H25N3O3/c30-18-24-7-4-8-26(17-24)27(33)14-11-22-9-12-25(13-10-22)28(34)32-16-15-31(29(32)20-35-21-29)19-23-5-2-1-3-6-23/h1-14,17H,15-16,19-21H2/b14-11+. The van der Waals surface area contributed by atoms with E-state index in [0.29, 0.717) is 36.4 Å². The van der Waals surface area contributed by atoms with Gasteiger partial charge in [-0.15, -0.1) is 0 Å². The second-order valence-electron chi connectivity index (χ2n) is 8.85. The van der Waals surface area contributed by atoms with Gasteiger partial charge in [0.25, 0.3) is 5.91 Å². The molecule has 6 heteroatoms. The van der Waals surface area contributed by atoms with E-state index in [-0.39, 0.29) is 11.7 Å². The van der Waals surface area contributed by atoms with Gasteiger partial charge in [-0.2, -0.15) is 5.26 Å². The number of carbonyl (C=O) groups is 2. The predicted octanol–water partition coefficient (Wildman–Crippen LogP) is 4.14. The van der Waals surface area contributed by atoms with Crippen molar-refractivity contribution < 1.29 is 14.3 Å². The zero-order valence-electron chi connectivity index (χ0n) is 19.3. The minimum Gasteiger partial charge on any atom is -0.374 e. The fourth-order valence-electron chi connectivity index (χ4n) is 4.65. The van der Waals surface area contributed by atoms with Crippen LogP contribution in [-0.4, -0.2) is 53.5 Å². The van der Waals surface area contributed by atoms with Crippen molar-refractivity contribution in [3.8, 4) is 6.07 Å². The zero-order chi connectivity index (χ0) is 24.3. The van der Waals surface area contributed by atoms with Crippen molar-refractivity contribution in [1.82, 2.24) is 9.80 Å². The summed E-state index contributed by atoms with van der Waals surface area (Å²) in [6.45, 7) is 3.28. The highest BCUT2D eigenvalue weighted by Gasteiger charge is 2.54. The summed E-state index contributed by atoms with van der Waals surface area (Å²) in [5.74, 6) is -0.187. The molecule has 35 heavy (non-hydrogen) atoms. The first-order valence-electron chi connectivity index (χ1n) is 11.6. The molecule has 0 unspecified atom stereocenters. The van der Waals surface area contributed by atoms with Gasteiger partial charge in [-0.25, -0.2) is 0 Å². The lowest BCUT2D eigenvalue weighted by atomic mass is 10.0. The summed E-state index contributed by atoms with van der Waals surface area (Å²) < 4.78 is 5.57. The fourth-order valence-corrected chi connectivity index (χ4v) is 4.65. The van der Waals surface area contributed by atoms with Crippen LogP contribution < -0.4 is 0 Å². The van der Waals surface area contributed by atoms with Crippen molar-refractivity contribution >= 4 is 17.8 Å². The second kappa shape index (κ2) is 9.67. The average molecular weight is 464 g/mol. The molecule has 0 aromatic heterocycles. The molecule has 1 amide bonds. The van der Waals surface area contributed by atoms with Crippen LogP contribution in [0.2, 0.25) is 0 Å². The van der Waals surface area contributed by atoms with Crippen LogP contribution >= 0.6 is 0 Å². The molecule has 2 aliphatic heterocycles. The third-order valence-electron chi connectivity index (χ3n) is 6.67. The molecule has 0 aliphatic carbocycles. The Labute approximate surface area is 204 Å². The number of amides is 1. The molecule has 174 valence electrons. The van der Waals surface area contributed by atoms with Crippen LogP contribution in [-0.2, 0) is 11.3 Å². The molecule has 5 rings (SSSR count). The topological polar surface area (TPSA) is 73.6 Å². The lowest BCUT2D eigenvalue weighted by Crippen LogP contribution is -2.67. The van der Waals surface area contributed by atoms with Crippen LogP contribution in [0.1, 0.15) is 37.4 Å². The zero-order valence-corrected chi connectivity index (χ0v) is 19.3. The molecular formula is C29H25N3O3. The number of benzene rings is 3. The van der Waals surface area contributed by atoms with Gasteiger partial charge in [0.2, 0.25) is 0 Å². The SMILES string of the molecule is N#Cc1cccc(C(=O)/C=C/c2ccc(C(=O)N3CCN(Cc4ccccc4)C34COC4)cc2)c1. The molecule has 2 saturated heterocycles. The van der Waals surface area contributed by atoms with Crippen LogP contribution in [0, 0.1) is 11.3 Å². The molecule has 2 heterocycles. The first kappa shape index (κ1) is 22.7. The second-order valence-corrected chi connectivity index (χ2v) is 8.85. The van der Waals surface area contributed by atoms with E-state index in [1.807, 2.05) is 41.3 Å². The number of nitrogens with zero attached hydrogens (tertiary/aromatic N) is 3. The lowest BCUT2D eigenvalue weighted by Gasteiger charge is -2.49. The van der Waals surface area contributed by atoms with E-state index >= 15 is 0 Å². The molecular weight excluding hydrogens is 438 g/mol. The fraction of sp³-hybridized carbons (Fsp3) is 0.207. The van der Waals surface area contributed by atoms with Crippen molar-refractivity contribution in [1.29, 1.82) is 5.26 Å². The Kier molecular flexibility index (Phi) is 6.28. The molecule has 3 aromatic carbocycles. The molecule has 0 bridgehead atoms. The minimum absolute atomic E-state index is 0.0104. The number of ether oxygens (including phenoxy) is 1. The molecule has 6 nitrogen and oxygen atoms in total. The Balaban J connectivity index is 1.27. The van der Waals surface area contributed by atoms with Gasteiger partial charge in [-0.1, -0.05) is 60.7 Å². The highest BCUT2D eigenvalue weighted by molar-refractivity contribution is 6.07. The summed E-state index contributed by atoms with van der Waals surface area (Å²) in [6, 6.07) is 26.2. The van der Waals surface area contributed by atoms with Gasteiger partial charge < -0.3 is 9.64 Å². The Bertz CT molecular complexity index is 1310. The van der Waals surface area contributed by atoms with Gasteiger partial charge in [-0.05, 0) is 41.5 Å². The number of rotatable bonds is 6. The van der Waals surface area contributed by atoms with Crippen molar-refractivity contribution in [2.24, 2.45) is 0 Å². The third-order valence-corrected chi connectivity index (χ3v) is 6.67. The van der Waals surface area contributed by atoms with Gasteiger partial charge in [0.1, 0.15) is 5.66 Å². The monoisotopic (exact) mass is 463 g/mol. The summed E-state index contributed by atoms with van der Waals surface area (Å²) in [7, 11) is 0. The first-order chi connectivity index (χ1) is 17.1. The number of nitriles is 1. The van der Waals surface area contributed by atoms with E-state index < -0.39 is 5.66 Å². The molecule has 0 N–H and O–H groups in total. The van der Waals surface area contributed by atoms with E-state index in [4.69, 9.17) is 10.00 Å². The van der Waals surface area contributed by atoms with Crippen molar-refractivity contribution in [2.75, 3.05) is 26.3 Å². The summed E-state index contributed by atoms with van der Waals surface area (Å²) in [6.07, 6.45) is 3.20. The highest BCUT2D eigenvalue weighted by Crippen LogP contribution is 2.36. The summed E-state index contributed by atoms with van der Waals surface area (Å²) in [5, 5.41) is 9.01. The summed E-state index contributed by atoms with van der Waals surface area (Å²) in [4.78, 5) is 30.1. The van der Waals surface area contributed by atoms with Gasteiger partial charge in [0, 0.05) is 30.8 Å². The Hall–Kier alpha value is -4.05. The molecule has 2 aliphatic rings. The molecule has 0 radical (unpaired) electrons. The number of ketones is 1. The van der Waals surface area contributed by atoms with E-state index in [1.54, 1.807) is 42.5 Å². The number of carbonyl (C=O) groups excluding carboxylic acids is 2. The molecule has 1 spiro atoms. The maximum Gasteiger partial charge on any atom is 0.255 e. The Morgan fingerprint density at radius 3 is 2.40 bits per heavy atom. The van der Waals surface area contributed by atoms with Crippen molar-refractivity contribution in [2.45, 2.75) is 12.2 Å². The third kappa shape index (κ3) is 4.52. The number of hydrogen-bond donors (Lipinski definition) is 0. The Morgan fingerprint density at radius 2 is 1.71 bits per heavy atom. The van der Waals surface area contributed by atoms with Crippen LogP contribution in [0.15, 0.2) is 84.9 Å². The highest BCUT2D eigenvalue weighted by atomic mass is 16.5. The normalized spacial score (nSPS) is 16.8. The average Bonchev–Trinajstić information content (AvgIpc) is 3.27. The number of allylic oxidation sites excluding steroid dienone is 1. The van der Waals surface area contributed by atoms with E-state index in [1.165, 1.54) is 11.6 Å². The van der Waals surface area contributed by atoms with E-state index in [0.717, 1.165) is 18.7 Å². The maximum atomic E-state index is 13.4. The predicted molar refractivity (Wildman–Crippen MR) is 132 cm³/mol.